The molecular weight excluding hydrogens is 254 g/mol. The van der Waals surface area contributed by atoms with Crippen LogP contribution in [0.2, 0.25) is 5.02 Å². The Kier molecular flexibility index (Phi) is 5.98. The van der Waals surface area contributed by atoms with Gasteiger partial charge in [-0.25, -0.2) is 0 Å². The van der Waals surface area contributed by atoms with E-state index in [4.69, 9.17) is 21.6 Å². The first-order valence-electron chi connectivity index (χ1n) is 5.34. The first-order valence-corrected chi connectivity index (χ1v) is 5.72. The number of rotatable bonds is 6. The van der Waals surface area contributed by atoms with Crippen LogP contribution in [0.3, 0.4) is 0 Å². The monoisotopic (exact) mass is 267 g/mol. The molecule has 6 heteroatoms. The fraction of sp³-hybridized carbons (Fsp3) is 0.333. The third-order valence-corrected chi connectivity index (χ3v) is 2.60. The van der Waals surface area contributed by atoms with Gasteiger partial charge >= 0.3 is 0 Å². The number of ether oxygens (including phenoxy) is 1. The van der Waals surface area contributed by atoms with Gasteiger partial charge in [0.1, 0.15) is 12.3 Å². The molecule has 1 aromatic rings. The Morgan fingerprint density at radius 3 is 3.00 bits per heavy atom. The fourth-order valence-electron chi connectivity index (χ4n) is 1.40. The van der Waals surface area contributed by atoms with Gasteiger partial charge in [-0.05, 0) is 12.1 Å². The standard InChI is InChI=1S/C12H14ClN3O2/c1-18-11-4-2-3-10(13)9(11)7-15-8-12(17)16-6-5-14/h2-4,15H,6-8H2,1H3,(H,16,17). The average Bonchev–Trinajstić information content (AvgIpc) is 2.38. The van der Waals surface area contributed by atoms with Crippen LogP contribution in [-0.4, -0.2) is 26.1 Å². The minimum Gasteiger partial charge on any atom is -0.496 e. The second kappa shape index (κ2) is 7.54. The van der Waals surface area contributed by atoms with Gasteiger partial charge < -0.3 is 15.4 Å². The molecule has 18 heavy (non-hydrogen) atoms. The second-order valence-corrected chi connectivity index (χ2v) is 3.87. The number of nitrogens with zero attached hydrogens (tertiary/aromatic N) is 1. The molecular formula is C12H14ClN3O2. The van der Waals surface area contributed by atoms with E-state index in [1.54, 1.807) is 25.3 Å². The van der Waals surface area contributed by atoms with E-state index in [2.05, 4.69) is 10.6 Å². The molecule has 0 saturated heterocycles. The molecule has 0 aliphatic carbocycles. The Bertz CT molecular complexity index is 457. The van der Waals surface area contributed by atoms with E-state index in [0.29, 0.717) is 17.3 Å². The van der Waals surface area contributed by atoms with E-state index in [0.717, 1.165) is 5.56 Å². The first kappa shape index (κ1) is 14.3. The molecule has 0 bridgehead atoms. The molecule has 96 valence electrons. The van der Waals surface area contributed by atoms with Crippen molar-refractivity contribution in [1.29, 1.82) is 5.26 Å². The highest BCUT2D eigenvalue weighted by molar-refractivity contribution is 6.31. The molecule has 1 rings (SSSR count). The number of nitriles is 1. The van der Waals surface area contributed by atoms with Gasteiger partial charge in [0.05, 0.1) is 19.7 Å². The van der Waals surface area contributed by atoms with Crippen molar-refractivity contribution in [3.63, 3.8) is 0 Å². The summed E-state index contributed by atoms with van der Waals surface area (Å²) in [5.41, 5.74) is 0.801. The maximum atomic E-state index is 11.2. The van der Waals surface area contributed by atoms with Crippen molar-refractivity contribution in [1.82, 2.24) is 10.6 Å². The zero-order valence-electron chi connectivity index (χ0n) is 10.00. The van der Waals surface area contributed by atoms with Crippen molar-refractivity contribution >= 4 is 17.5 Å². The van der Waals surface area contributed by atoms with E-state index >= 15 is 0 Å². The van der Waals surface area contributed by atoms with Gasteiger partial charge in [0, 0.05) is 17.1 Å². The topological polar surface area (TPSA) is 74.2 Å². The number of nitrogens with one attached hydrogen (secondary N) is 2. The van der Waals surface area contributed by atoms with Crippen molar-refractivity contribution in [2.24, 2.45) is 0 Å². The molecule has 0 radical (unpaired) electrons. The molecule has 0 aliphatic heterocycles. The summed E-state index contributed by atoms with van der Waals surface area (Å²) in [5, 5.41) is 14.3. The van der Waals surface area contributed by atoms with Gasteiger partial charge in [-0.2, -0.15) is 5.26 Å². The molecule has 5 nitrogen and oxygen atoms in total. The summed E-state index contributed by atoms with van der Waals surface area (Å²) < 4.78 is 5.18. The number of carbonyl (C=O) groups is 1. The van der Waals surface area contributed by atoms with Crippen molar-refractivity contribution in [2.45, 2.75) is 6.54 Å². The maximum Gasteiger partial charge on any atom is 0.234 e. The second-order valence-electron chi connectivity index (χ2n) is 3.46. The highest BCUT2D eigenvalue weighted by Gasteiger charge is 2.07. The number of methoxy groups -OCH3 is 1. The van der Waals surface area contributed by atoms with E-state index in [-0.39, 0.29) is 19.0 Å². The smallest absolute Gasteiger partial charge is 0.234 e. The molecule has 0 saturated carbocycles. The number of hydrogen-bond donors (Lipinski definition) is 2. The van der Waals surface area contributed by atoms with Gasteiger partial charge in [0.15, 0.2) is 0 Å². The summed E-state index contributed by atoms with van der Waals surface area (Å²) in [6, 6.07) is 7.19. The number of halogens is 1. The van der Waals surface area contributed by atoms with Crippen LogP contribution >= 0.6 is 11.6 Å². The number of carbonyl (C=O) groups excluding carboxylic acids is 1. The quantitative estimate of drug-likeness (QED) is 0.757. The Hall–Kier alpha value is -1.77. The van der Waals surface area contributed by atoms with Gasteiger partial charge in [-0.1, -0.05) is 17.7 Å². The van der Waals surface area contributed by atoms with Gasteiger partial charge in [-0.15, -0.1) is 0 Å². The predicted molar refractivity (Wildman–Crippen MR) is 68.3 cm³/mol. The molecule has 0 atom stereocenters. The van der Waals surface area contributed by atoms with Crippen LogP contribution in [0.15, 0.2) is 18.2 Å². The van der Waals surface area contributed by atoms with Crippen LogP contribution in [0.5, 0.6) is 5.75 Å². The van der Waals surface area contributed by atoms with E-state index < -0.39 is 0 Å². The lowest BCUT2D eigenvalue weighted by molar-refractivity contribution is -0.120. The molecule has 2 N–H and O–H groups in total. The molecule has 0 aromatic heterocycles. The van der Waals surface area contributed by atoms with Crippen molar-refractivity contribution in [2.75, 3.05) is 20.2 Å². The highest BCUT2D eigenvalue weighted by atomic mass is 35.5. The summed E-state index contributed by atoms with van der Waals surface area (Å²) >= 11 is 6.04. The molecule has 1 aromatic carbocycles. The van der Waals surface area contributed by atoms with Crippen LogP contribution in [-0.2, 0) is 11.3 Å². The van der Waals surface area contributed by atoms with Crippen LogP contribution in [0.4, 0.5) is 0 Å². The largest absolute Gasteiger partial charge is 0.496 e. The van der Waals surface area contributed by atoms with Crippen molar-refractivity contribution in [3.05, 3.63) is 28.8 Å². The molecule has 0 fully saturated rings. The van der Waals surface area contributed by atoms with E-state index in [1.165, 1.54) is 0 Å². The molecule has 0 spiro atoms. The lowest BCUT2D eigenvalue weighted by atomic mass is 10.2. The fourth-order valence-corrected chi connectivity index (χ4v) is 1.64. The lowest BCUT2D eigenvalue weighted by Gasteiger charge is -2.11. The Morgan fingerprint density at radius 1 is 1.56 bits per heavy atom. The van der Waals surface area contributed by atoms with E-state index in [9.17, 15) is 4.79 Å². The number of amides is 1. The first-order chi connectivity index (χ1) is 8.69. The summed E-state index contributed by atoms with van der Waals surface area (Å²) in [4.78, 5) is 11.2. The summed E-state index contributed by atoms with van der Waals surface area (Å²) in [6.45, 7) is 0.550. The maximum absolute atomic E-state index is 11.2. The van der Waals surface area contributed by atoms with Gasteiger partial charge in [0.25, 0.3) is 0 Å². The SMILES string of the molecule is COc1cccc(Cl)c1CNCC(=O)NCC#N. The normalized spacial score (nSPS) is 9.61. The average molecular weight is 268 g/mol. The lowest BCUT2D eigenvalue weighted by Crippen LogP contribution is -2.33. The minimum atomic E-state index is -0.234. The Morgan fingerprint density at radius 2 is 2.33 bits per heavy atom. The third-order valence-electron chi connectivity index (χ3n) is 2.25. The van der Waals surface area contributed by atoms with Crippen LogP contribution in [0.1, 0.15) is 5.56 Å². The molecule has 0 unspecified atom stereocenters. The zero-order valence-corrected chi connectivity index (χ0v) is 10.8. The van der Waals surface area contributed by atoms with Crippen molar-refractivity contribution < 1.29 is 9.53 Å². The summed E-state index contributed by atoms with van der Waals surface area (Å²) in [5.74, 6) is 0.440. The highest BCUT2D eigenvalue weighted by Crippen LogP contribution is 2.25. The van der Waals surface area contributed by atoms with Crippen molar-refractivity contribution in [3.8, 4) is 11.8 Å². The zero-order chi connectivity index (χ0) is 13.4. The van der Waals surface area contributed by atoms with Crippen LogP contribution in [0.25, 0.3) is 0 Å². The molecule has 0 aliphatic rings. The third kappa shape index (κ3) is 4.24. The van der Waals surface area contributed by atoms with Gasteiger partial charge in [-0.3, -0.25) is 4.79 Å². The number of hydrogen-bond acceptors (Lipinski definition) is 4. The summed E-state index contributed by atoms with van der Waals surface area (Å²) in [7, 11) is 1.56. The summed E-state index contributed by atoms with van der Waals surface area (Å²) in [6.07, 6.45) is 0. The predicted octanol–water partition coefficient (Wildman–Crippen LogP) is 1.08. The Balaban J connectivity index is 2.49. The molecule has 0 heterocycles. The Labute approximate surface area is 111 Å². The van der Waals surface area contributed by atoms with Crippen LogP contribution < -0.4 is 15.4 Å². The van der Waals surface area contributed by atoms with Crippen LogP contribution in [0, 0.1) is 11.3 Å². The van der Waals surface area contributed by atoms with Gasteiger partial charge in [0.2, 0.25) is 5.91 Å². The minimum absolute atomic E-state index is 0.00985. The molecule has 1 amide bonds. The van der Waals surface area contributed by atoms with E-state index in [1.807, 2.05) is 6.07 Å². The number of benzene rings is 1.